The van der Waals surface area contributed by atoms with Crippen LogP contribution in [-0.4, -0.2) is 11.9 Å². The Morgan fingerprint density at radius 3 is 2.50 bits per heavy atom. The van der Waals surface area contributed by atoms with Crippen molar-refractivity contribution < 1.29 is 4.79 Å². The summed E-state index contributed by atoms with van der Waals surface area (Å²) >= 11 is 0. The first-order valence-electron chi connectivity index (χ1n) is 7.78. The number of carbonyl (C=O) groups is 1. The molecule has 1 aromatic rings. The van der Waals surface area contributed by atoms with Crippen LogP contribution in [0.1, 0.15) is 58.4 Å². The fourth-order valence-corrected chi connectivity index (χ4v) is 2.21. The van der Waals surface area contributed by atoms with Crippen molar-refractivity contribution in [3.05, 3.63) is 23.8 Å². The molecule has 20 heavy (non-hydrogen) atoms. The highest BCUT2D eigenvalue weighted by atomic mass is 16.1. The summed E-state index contributed by atoms with van der Waals surface area (Å²) in [5.41, 5.74) is 3.15. The first kappa shape index (κ1) is 16.5. The molecule has 0 aromatic heterocycles. The molecule has 0 aliphatic heterocycles. The molecule has 0 fully saturated rings. The van der Waals surface area contributed by atoms with Crippen LogP contribution in [0.15, 0.2) is 18.2 Å². The van der Waals surface area contributed by atoms with Crippen molar-refractivity contribution in [1.82, 2.24) is 0 Å². The van der Waals surface area contributed by atoms with E-state index in [1.165, 1.54) is 19.3 Å². The van der Waals surface area contributed by atoms with E-state index in [2.05, 4.69) is 37.5 Å². The van der Waals surface area contributed by atoms with Gasteiger partial charge in [-0.15, -0.1) is 0 Å². The Balaban J connectivity index is 2.79. The first-order chi connectivity index (χ1) is 9.62. The van der Waals surface area contributed by atoms with Gasteiger partial charge in [-0.05, 0) is 37.5 Å². The Bertz CT molecular complexity index is 429. The van der Waals surface area contributed by atoms with Gasteiger partial charge in [-0.3, -0.25) is 4.79 Å². The summed E-state index contributed by atoms with van der Waals surface area (Å²) in [6, 6.07) is 6.55. The number of amides is 1. The molecule has 1 rings (SSSR count). The minimum Gasteiger partial charge on any atom is -0.382 e. The minimum atomic E-state index is 0.0586. The second-order valence-electron chi connectivity index (χ2n) is 5.27. The van der Waals surface area contributed by atoms with E-state index in [-0.39, 0.29) is 5.91 Å². The van der Waals surface area contributed by atoms with Gasteiger partial charge in [0.1, 0.15) is 0 Å². The van der Waals surface area contributed by atoms with Crippen LogP contribution in [-0.2, 0) is 4.79 Å². The maximum atomic E-state index is 11.5. The summed E-state index contributed by atoms with van der Waals surface area (Å²) in [7, 11) is 0. The molecule has 112 valence electrons. The molecular formula is C17H28N2O. The lowest BCUT2D eigenvalue weighted by atomic mass is 10.1. The normalized spacial score (nSPS) is 12.0. The largest absolute Gasteiger partial charge is 0.382 e. The number of carbonyl (C=O) groups excluding carboxylic acids is 1. The van der Waals surface area contributed by atoms with Crippen LogP contribution in [0.25, 0.3) is 0 Å². The van der Waals surface area contributed by atoms with E-state index in [1.54, 1.807) is 0 Å². The molecule has 1 atom stereocenters. The van der Waals surface area contributed by atoms with E-state index >= 15 is 0 Å². The SMILES string of the molecule is CCCCC(CC)Nc1cccc(NC(=O)CC)c1C. The van der Waals surface area contributed by atoms with E-state index in [1.807, 2.05) is 19.1 Å². The molecule has 0 aliphatic carbocycles. The quantitative estimate of drug-likeness (QED) is 0.721. The van der Waals surface area contributed by atoms with Crippen LogP contribution in [0.3, 0.4) is 0 Å². The van der Waals surface area contributed by atoms with Gasteiger partial charge in [-0.25, -0.2) is 0 Å². The third-order valence-corrected chi connectivity index (χ3v) is 3.69. The Labute approximate surface area is 123 Å². The molecule has 0 radical (unpaired) electrons. The van der Waals surface area contributed by atoms with Gasteiger partial charge in [-0.1, -0.05) is 39.7 Å². The van der Waals surface area contributed by atoms with Gasteiger partial charge in [0.25, 0.3) is 0 Å². The Morgan fingerprint density at radius 2 is 1.90 bits per heavy atom. The van der Waals surface area contributed by atoms with E-state index in [4.69, 9.17) is 0 Å². The maximum absolute atomic E-state index is 11.5. The van der Waals surface area contributed by atoms with Crippen LogP contribution >= 0.6 is 0 Å². The van der Waals surface area contributed by atoms with E-state index in [0.29, 0.717) is 12.5 Å². The van der Waals surface area contributed by atoms with Crippen molar-refractivity contribution >= 4 is 17.3 Å². The molecule has 0 spiro atoms. The van der Waals surface area contributed by atoms with Crippen LogP contribution in [0.5, 0.6) is 0 Å². The summed E-state index contributed by atoms with van der Waals surface area (Å²) in [6.07, 6.45) is 5.29. The highest BCUT2D eigenvalue weighted by Crippen LogP contribution is 2.25. The molecular weight excluding hydrogens is 248 g/mol. The molecule has 0 saturated heterocycles. The molecule has 1 unspecified atom stereocenters. The molecule has 0 bridgehead atoms. The zero-order chi connectivity index (χ0) is 15.0. The fourth-order valence-electron chi connectivity index (χ4n) is 2.21. The number of anilines is 2. The van der Waals surface area contributed by atoms with E-state index < -0.39 is 0 Å². The monoisotopic (exact) mass is 276 g/mol. The number of hydrogen-bond acceptors (Lipinski definition) is 2. The van der Waals surface area contributed by atoms with Gasteiger partial charge in [0.05, 0.1) is 0 Å². The standard InChI is InChI=1S/C17H28N2O/c1-5-8-10-14(6-2)18-15-11-9-12-16(13(15)4)19-17(20)7-3/h9,11-12,14,18H,5-8,10H2,1-4H3,(H,19,20). The Kier molecular flexibility index (Phi) is 7.13. The summed E-state index contributed by atoms with van der Waals surface area (Å²) in [6.45, 7) is 8.36. The lowest BCUT2D eigenvalue weighted by molar-refractivity contribution is -0.115. The summed E-state index contributed by atoms with van der Waals surface area (Å²) < 4.78 is 0. The summed E-state index contributed by atoms with van der Waals surface area (Å²) in [5.74, 6) is 0.0586. The molecule has 0 saturated carbocycles. The van der Waals surface area contributed by atoms with Crippen LogP contribution in [0.2, 0.25) is 0 Å². The van der Waals surface area contributed by atoms with Gasteiger partial charge < -0.3 is 10.6 Å². The van der Waals surface area contributed by atoms with E-state index in [0.717, 1.165) is 23.4 Å². The van der Waals surface area contributed by atoms with Crippen molar-refractivity contribution in [2.45, 2.75) is 65.8 Å². The van der Waals surface area contributed by atoms with E-state index in [9.17, 15) is 4.79 Å². The minimum absolute atomic E-state index is 0.0586. The number of hydrogen-bond donors (Lipinski definition) is 2. The number of unbranched alkanes of at least 4 members (excludes halogenated alkanes) is 1. The topological polar surface area (TPSA) is 41.1 Å². The smallest absolute Gasteiger partial charge is 0.224 e. The Morgan fingerprint density at radius 1 is 1.20 bits per heavy atom. The van der Waals surface area contributed by atoms with Gasteiger partial charge >= 0.3 is 0 Å². The highest BCUT2D eigenvalue weighted by molar-refractivity contribution is 5.92. The number of nitrogens with one attached hydrogen (secondary N) is 2. The molecule has 3 nitrogen and oxygen atoms in total. The first-order valence-corrected chi connectivity index (χ1v) is 7.78. The zero-order valence-electron chi connectivity index (χ0n) is 13.3. The molecule has 3 heteroatoms. The lowest BCUT2D eigenvalue weighted by Crippen LogP contribution is -2.19. The van der Waals surface area contributed by atoms with Crippen molar-refractivity contribution in [1.29, 1.82) is 0 Å². The zero-order valence-corrected chi connectivity index (χ0v) is 13.3. The van der Waals surface area contributed by atoms with Crippen molar-refractivity contribution in [3.63, 3.8) is 0 Å². The highest BCUT2D eigenvalue weighted by Gasteiger charge is 2.10. The van der Waals surface area contributed by atoms with Crippen molar-refractivity contribution in [3.8, 4) is 0 Å². The molecule has 2 N–H and O–H groups in total. The fraction of sp³-hybridized carbons (Fsp3) is 0.588. The second kappa shape index (κ2) is 8.62. The predicted molar refractivity (Wildman–Crippen MR) is 87.3 cm³/mol. The van der Waals surface area contributed by atoms with Crippen LogP contribution < -0.4 is 10.6 Å². The third-order valence-electron chi connectivity index (χ3n) is 3.69. The number of rotatable bonds is 8. The lowest BCUT2D eigenvalue weighted by Gasteiger charge is -2.21. The van der Waals surface area contributed by atoms with Crippen LogP contribution in [0, 0.1) is 6.92 Å². The summed E-state index contributed by atoms with van der Waals surface area (Å²) in [5, 5.41) is 6.57. The number of benzene rings is 1. The average Bonchev–Trinajstić information content (AvgIpc) is 2.46. The molecule has 1 amide bonds. The van der Waals surface area contributed by atoms with Gasteiger partial charge in [0.15, 0.2) is 0 Å². The second-order valence-corrected chi connectivity index (χ2v) is 5.27. The Hall–Kier alpha value is -1.51. The average molecular weight is 276 g/mol. The van der Waals surface area contributed by atoms with Crippen molar-refractivity contribution in [2.75, 3.05) is 10.6 Å². The van der Waals surface area contributed by atoms with Crippen LogP contribution in [0.4, 0.5) is 11.4 Å². The van der Waals surface area contributed by atoms with Gasteiger partial charge in [0.2, 0.25) is 5.91 Å². The predicted octanol–water partition coefficient (Wildman–Crippen LogP) is 4.72. The summed E-state index contributed by atoms with van der Waals surface area (Å²) in [4.78, 5) is 11.5. The maximum Gasteiger partial charge on any atom is 0.224 e. The third kappa shape index (κ3) is 4.87. The molecule has 1 aromatic carbocycles. The molecule has 0 heterocycles. The molecule has 0 aliphatic rings. The van der Waals surface area contributed by atoms with Crippen molar-refractivity contribution in [2.24, 2.45) is 0 Å². The van der Waals surface area contributed by atoms with Gasteiger partial charge in [-0.2, -0.15) is 0 Å². The van der Waals surface area contributed by atoms with Gasteiger partial charge in [0, 0.05) is 23.8 Å².